The molecule has 0 spiro atoms. The van der Waals surface area contributed by atoms with Gasteiger partial charge >= 0.3 is 5.97 Å². The number of carbonyl (C=O) groups is 1. The van der Waals surface area contributed by atoms with E-state index in [1.807, 2.05) is 0 Å². The highest BCUT2D eigenvalue weighted by atomic mass is 19.3. The van der Waals surface area contributed by atoms with E-state index in [2.05, 4.69) is 0 Å². The first kappa shape index (κ1) is 11.3. The molecule has 0 saturated heterocycles. The predicted molar refractivity (Wildman–Crippen MR) is 38.8 cm³/mol. The Bertz CT molecular complexity index is 256. The molecule has 1 rings (SSSR count). The number of aliphatic hydroxyl groups excluding tert-OH is 2. The Labute approximate surface area is 77.6 Å². The van der Waals surface area contributed by atoms with Crippen LogP contribution in [0.2, 0.25) is 0 Å². The normalized spacial score (nSPS) is 42.1. The zero-order chi connectivity index (χ0) is 11.1. The van der Waals surface area contributed by atoms with Crippen LogP contribution in [-0.2, 0) is 4.79 Å². The van der Waals surface area contributed by atoms with Crippen LogP contribution < -0.4 is 0 Å². The molecule has 14 heavy (non-hydrogen) atoms. The largest absolute Gasteiger partial charge is 0.479 e. The number of rotatable bonds is 1. The van der Waals surface area contributed by atoms with Crippen LogP contribution in [-0.4, -0.2) is 50.1 Å². The predicted octanol–water partition coefficient (Wildman–Crippen LogP) is -1.05. The van der Waals surface area contributed by atoms with Gasteiger partial charge in [-0.2, -0.15) is 0 Å². The van der Waals surface area contributed by atoms with Gasteiger partial charge in [-0.1, -0.05) is 0 Å². The lowest BCUT2D eigenvalue weighted by Gasteiger charge is -2.39. The summed E-state index contributed by atoms with van der Waals surface area (Å²) in [7, 11) is 0. The van der Waals surface area contributed by atoms with Crippen LogP contribution in [0.4, 0.5) is 8.78 Å². The van der Waals surface area contributed by atoms with Crippen LogP contribution in [0, 0.1) is 0 Å². The van der Waals surface area contributed by atoms with E-state index in [9.17, 15) is 18.7 Å². The first-order valence-corrected chi connectivity index (χ1v) is 3.89. The lowest BCUT2D eigenvalue weighted by atomic mass is 9.79. The van der Waals surface area contributed by atoms with Gasteiger partial charge in [-0.15, -0.1) is 0 Å². The molecule has 1 aliphatic carbocycles. The maximum atomic E-state index is 12.9. The Morgan fingerprint density at radius 1 is 1.36 bits per heavy atom. The number of halogens is 2. The highest BCUT2D eigenvalue weighted by Gasteiger charge is 2.58. The zero-order valence-electron chi connectivity index (χ0n) is 7.02. The van der Waals surface area contributed by atoms with Crippen LogP contribution in [0.5, 0.6) is 0 Å². The molecule has 4 N–H and O–H groups in total. The van der Waals surface area contributed by atoms with Crippen molar-refractivity contribution in [3.8, 4) is 0 Å². The van der Waals surface area contributed by atoms with Gasteiger partial charge in [0.1, 0.15) is 6.10 Å². The molecule has 3 atom stereocenters. The van der Waals surface area contributed by atoms with Gasteiger partial charge in [-0.05, 0) is 0 Å². The molecule has 7 heteroatoms. The minimum Gasteiger partial charge on any atom is -0.479 e. The van der Waals surface area contributed by atoms with Gasteiger partial charge in [-0.25, -0.2) is 13.6 Å². The third kappa shape index (κ3) is 1.70. The van der Waals surface area contributed by atoms with E-state index in [0.717, 1.165) is 0 Å². The van der Waals surface area contributed by atoms with Crippen LogP contribution >= 0.6 is 0 Å². The molecule has 0 aliphatic heterocycles. The average Bonchev–Trinajstić information content (AvgIpc) is 1.99. The summed E-state index contributed by atoms with van der Waals surface area (Å²) >= 11 is 0. The topological polar surface area (TPSA) is 98.0 Å². The molecule has 0 aromatic heterocycles. The number of hydrogen-bond acceptors (Lipinski definition) is 4. The van der Waals surface area contributed by atoms with Crippen LogP contribution in [0.25, 0.3) is 0 Å². The van der Waals surface area contributed by atoms with Crippen molar-refractivity contribution in [1.29, 1.82) is 0 Å². The number of aliphatic carboxylic acids is 1. The van der Waals surface area contributed by atoms with Crippen molar-refractivity contribution in [2.24, 2.45) is 0 Å². The molecule has 0 amide bonds. The third-order valence-electron chi connectivity index (χ3n) is 2.27. The number of aliphatic hydroxyl groups is 3. The maximum absolute atomic E-state index is 12.9. The summed E-state index contributed by atoms with van der Waals surface area (Å²) < 4.78 is 25.7. The summed E-state index contributed by atoms with van der Waals surface area (Å²) in [5, 5.41) is 35.4. The van der Waals surface area contributed by atoms with Crippen LogP contribution in [0.1, 0.15) is 12.8 Å². The lowest BCUT2D eigenvalue weighted by Crippen LogP contribution is -2.59. The Morgan fingerprint density at radius 3 is 2.21 bits per heavy atom. The summed E-state index contributed by atoms with van der Waals surface area (Å²) in [5.74, 6) is -5.63. The molecule has 82 valence electrons. The molecule has 0 radical (unpaired) electrons. The fraction of sp³-hybridized carbons (Fsp3) is 0.857. The van der Waals surface area contributed by atoms with Gasteiger partial charge in [0.15, 0.2) is 5.60 Å². The lowest BCUT2D eigenvalue weighted by molar-refractivity contribution is -0.230. The summed E-state index contributed by atoms with van der Waals surface area (Å²) in [6.45, 7) is 0. The van der Waals surface area contributed by atoms with Crippen molar-refractivity contribution < 1.29 is 34.0 Å². The summed E-state index contributed by atoms with van der Waals surface area (Å²) in [4.78, 5) is 10.4. The van der Waals surface area contributed by atoms with Crippen LogP contribution in [0.15, 0.2) is 0 Å². The van der Waals surface area contributed by atoms with Crippen molar-refractivity contribution in [2.75, 3.05) is 0 Å². The van der Waals surface area contributed by atoms with Crippen molar-refractivity contribution in [2.45, 2.75) is 36.6 Å². The van der Waals surface area contributed by atoms with Gasteiger partial charge in [0.2, 0.25) is 0 Å². The second-order valence-electron chi connectivity index (χ2n) is 3.49. The molecule has 0 aromatic rings. The monoisotopic (exact) mass is 212 g/mol. The highest BCUT2D eigenvalue weighted by Crippen LogP contribution is 2.39. The van der Waals surface area contributed by atoms with Crippen molar-refractivity contribution in [1.82, 2.24) is 0 Å². The Hall–Kier alpha value is -0.790. The molecule has 1 fully saturated rings. The first-order valence-electron chi connectivity index (χ1n) is 3.89. The molecule has 0 aromatic carbocycles. The van der Waals surface area contributed by atoms with Crippen LogP contribution in [0.3, 0.4) is 0 Å². The molecule has 5 nitrogen and oxygen atoms in total. The summed E-state index contributed by atoms with van der Waals surface area (Å²) in [6.07, 6.45) is -6.48. The smallest absolute Gasteiger partial charge is 0.336 e. The minimum absolute atomic E-state index is 0.806. The quantitative estimate of drug-likeness (QED) is 0.444. The molecular formula is C7H10F2O5. The number of carboxylic acids is 1. The fourth-order valence-corrected chi connectivity index (χ4v) is 1.47. The first-order chi connectivity index (χ1) is 6.19. The second-order valence-corrected chi connectivity index (χ2v) is 3.49. The summed E-state index contributed by atoms with van der Waals surface area (Å²) in [6, 6.07) is 0. The van der Waals surface area contributed by atoms with Crippen molar-refractivity contribution >= 4 is 5.97 Å². The number of hydrogen-bond donors (Lipinski definition) is 4. The minimum atomic E-state index is -3.80. The van der Waals surface area contributed by atoms with Gasteiger partial charge in [-0.3, -0.25) is 0 Å². The van der Waals surface area contributed by atoms with Crippen molar-refractivity contribution in [3.63, 3.8) is 0 Å². The van der Waals surface area contributed by atoms with Gasteiger partial charge in [0.05, 0.1) is 12.5 Å². The fourth-order valence-electron chi connectivity index (χ4n) is 1.47. The Kier molecular flexibility index (Phi) is 2.51. The second kappa shape index (κ2) is 3.11. The van der Waals surface area contributed by atoms with E-state index < -0.39 is 42.5 Å². The highest BCUT2D eigenvalue weighted by molar-refractivity contribution is 5.77. The van der Waals surface area contributed by atoms with Gasteiger partial charge < -0.3 is 20.4 Å². The molecule has 1 aliphatic rings. The van der Waals surface area contributed by atoms with E-state index in [1.54, 1.807) is 0 Å². The third-order valence-corrected chi connectivity index (χ3v) is 2.27. The van der Waals surface area contributed by atoms with E-state index in [-0.39, 0.29) is 0 Å². The van der Waals surface area contributed by atoms with E-state index in [4.69, 9.17) is 15.3 Å². The standard InChI is InChI=1S/C7H10F2O5/c8-7(9)2-6(14,5(12)13)1-3(10)4(7)11/h3-4,10-11,14H,1-2H2,(H,12,13)/t3-,4+,6-/m1/s1. The number of carboxylic acid groups (broad SMARTS) is 1. The molecule has 0 bridgehead atoms. The average molecular weight is 212 g/mol. The Morgan fingerprint density at radius 2 is 1.86 bits per heavy atom. The number of alkyl halides is 2. The van der Waals surface area contributed by atoms with E-state index in [0.29, 0.717) is 0 Å². The summed E-state index contributed by atoms with van der Waals surface area (Å²) in [5.41, 5.74) is -2.68. The zero-order valence-corrected chi connectivity index (χ0v) is 7.02. The SMILES string of the molecule is O=C(O)[C@@]1(O)C[C@@H](O)[C@H](O)C(F)(F)C1. The van der Waals surface area contributed by atoms with E-state index >= 15 is 0 Å². The molecular weight excluding hydrogens is 202 g/mol. The molecule has 0 unspecified atom stereocenters. The van der Waals surface area contributed by atoms with E-state index in [1.165, 1.54) is 0 Å². The molecule has 0 heterocycles. The maximum Gasteiger partial charge on any atom is 0.336 e. The van der Waals surface area contributed by atoms with Crippen molar-refractivity contribution in [3.05, 3.63) is 0 Å². The molecule has 1 saturated carbocycles. The van der Waals surface area contributed by atoms with Gasteiger partial charge in [0, 0.05) is 6.42 Å². The van der Waals surface area contributed by atoms with Gasteiger partial charge in [0.25, 0.3) is 5.92 Å². The Balaban J connectivity index is 2.94.